The average Bonchev–Trinajstić information content (AvgIpc) is 2.78. The van der Waals surface area contributed by atoms with E-state index in [0.29, 0.717) is 11.3 Å². The molecule has 24 heavy (non-hydrogen) atoms. The quantitative estimate of drug-likeness (QED) is 0.751. The normalized spacial score (nSPS) is 50.3. The van der Waals surface area contributed by atoms with E-state index in [0.717, 1.165) is 31.3 Å². The highest BCUT2D eigenvalue weighted by atomic mass is 16.5. The van der Waals surface area contributed by atoms with Crippen LogP contribution in [0.5, 0.6) is 0 Å². The van der Waals surface area contributed by atoms with Crippen molar-refractivity contribution in [2.24, 2.45) is 28.6 Å². The number of allylic oxidation sites excluding steroid dienone is 4. The highest BCUT2D eigenvalue weighted by Gasteiger charge is 2.61. The Morgan fingerprint density at radius 1 is 1.12 bits per heavy atom. The molecule has 0 heterocycles. The Hall–Kier alpha value is -0.760. The van der Waals surface area contributed by atoms with Gasteiger partial charge >= 0.3 is 0 Å². The van der Waals surface area contributed by atoms with Gasteiger partial charge in [-0.15, -0.1) is 0 Å². The maximum atomic E-state index is 11.0. The lowest BCUT2D eigenvalue weighted by atomic mass is 9.47. The third kappa shape index (κ3) is 2.11. The lowest BCUT2D eigenvalue weighted by molar-refractivity contribution is -0.112. The van der Waals surface area contributed by atoms with Gasteiger partial charge in [0.1, 0.15) is 0 Å². The van der Waals surface area contributed by atoms with Gasteiger partial charge in [-0.2, -0.15) is 0 Å². The predicted molar refractivity (Wildman–Crippen MR) is 97.4 cm³/mol. The number of hydrogen-bond donors (Lipinski definition) is 1. The molecule has 1 N–H and O–H groups in total. The maximum Gasteiger partial charge on any atom is 0.0962 e. The van der Waals surface area contributed by atoms with Crippen LogP contribution in [0.15, 0.2) is 23.5 Å². The van der Waals surface area contributed by atoms with Gasteiger partial charge in [0, 0.05) is 6.42 Å². The number of ether oxygens (including phenoxy) is 1. The smallest absolute Gasteiger partial charge is 0.0962 e. The molecule has 0 aromatic heterocycles. The molecule has 2 saturated carbocycles. The lowest BCUT2D eigenvalue weighted by Gasteiger charge is -2.57. The summed E-state index contributed by atoms with van der Waals surface area (Å²) in [4.78, 5) is 0. The van der Waals surface area contributed by atoms with E-state index >= 15 is 0 Å². The van der Waals surface area contributed by atoms with E-state index in [4.69, 9.17) is 4.74 Å². The van der Waals surface area contributed by atoms with Crippen molar-refractivity contribution in [3.63, 3.8) is 0 Å². The van der Waals surface area contributed by atoms with Gasteiger partial charge in [0.05, 0.1) is 18.0 Å². The van der Waals surface area contributed by atoms with Crippen LogP contribution in [0, 0.1) is 28.6 Å². The van der Waals surface area contributed by atoms with Crippen molar-refractivity contribution >= 4 is 0 Å². The van der Waals surface area contributed by atoms with Crippen molar-refractivity contribution in [1.29, 1.82) is 0 Å². The van der Waals surface area contributed by atoms with Crippen molar-refractivity contribution in [2.75, 3.05) is 6.61 Å². The molecular formula is C22H34O2. The molecule has 0 saturated heterocycles. The van der Waals surface area contributed by atoms with Crippen molar-refractivity contribution in [2.45, 2.75) is 78.2 Å². The monoisotopic (exact) mass is 330 g/mol. The summed E-state index contributed by atoms with van der Waals surface area (Å²) < 4.78 is 5.81. The molecule has 0 amide bonds. The van der Waals surface area contributed by atoms with Crippen LogP contribution in [0.1, 0.15) is 72.6 Å². The maximum absolute atomic E-state index is 11.0. The summed E-state index contributed by atoms with van der Waals surface area (Å²) in [6.07, 6.45) is 13.0. The first-order valence-electron chi connectivity index (χ1n) is 10.1. The standard InChI is InChI=1S/C22H34O2/c1-5-24-16-8-11-20(2)15(14-16)6-7-17-18(20)9-12-21(3)19(17)10-13-22(21,4)23/h6,14,17-19,23H,5,7-13H2,1-4H3/t17-,18+,19+,20+,21+,22-/m1/s1. The Morgan fingerprint density at radius 3 is 2.62 bits per heavy atom. The van der Waals surface area contributed by atoms with Crippen LogP contribution in [-0.2, 0) is 4.74 Å². The molecule has 134 valence electrons. The summed E-state index contributed by atoms with van der Waals surface area (Å²) in [6, 6.07) is 0. The molecule has 0 radical (unpaired) electrons. The van der Waals surface area contributed by atoms with E-state index in [1.165, 1.54) is 43.4 Å². The zero-order valence-corrected chi connectivity index (χ0v) is 15.9. The third-order valence-corrected chi connectivity index (χ3v) is 8.62. The average molecular weight is 331 g/mol. The predicted octanol–water partition coefficient (Wildman–Crippen LogP) is 5.23. The van der Waals surface area contributed by atoms with E-state index in [2.05, 4.69) is 39.8 Å². The zero-order chi connectivity index (χ0) is 17.2. The van der Waals surface area contributed by atoms with E-state index in [9.17, 15) is 5.11 Å². The molecule has 2 fully saturated rings. The Morgan fingerprint density at radius 2 is 1.88 bits per heavy atom. The minimum absolute atomic E-state index is 0.122. The Bertz CT molecular complexity index is 587. The van der Waals surface area contributed by atoms with Crippen molar-refractivity contribution in [3.05, 3.63) is 23.5 Å². The van der Waals surface area contributed by atoms with Gasteiger partial charge in [0.15, 0.2) is 0 Å². The molecule has 6 atom stereocenters. The zero-order valence-electron chi connectivity index (χ0n) is 15.9. The largest absolute Gasteiger partial charge is 0.498 e. The molecule has 0 unspecified atom stereocenters. The fourth-order valence-electron chi connectivity index (χ4n) is 6.84. The van der Waals surface area contributed by atoms with E-state index in [-0.39, 0.29) is 5.41 Å². The number of hydrogen-bond acceptors (Lipinski definition) is 2. The SMILES string of the molecule is CCOC1=CC2=CC[C@@H]3[C@H](CC[C@@]4(C)[C@H]3CC[C@@]4(C)O)[C@@]2(C)CC1. The Balaban J connectivity index is 1.67. The fraction of sp³-hybridized carbons (Fsp3) is 0.818. The van der Waals surface area contributed by atoms with Gasteiger partial charge < -0.3 is 9.84 Å². The van der Waals surface area contributed by atoms with Crippen molar-refractivity contribution < 1.29 is 9.84 Å². The van der Waals surface area contributed by atoms with E-state index in [1.54, 1.807) is 0 Å². The number of aliphatic hydroxyl groups is 1. The van der Waals surface area contributed by atoms with Gasteiger partial charge in [-0.3, -0.25) is 0 Å². The molecule has 2 heteroatoms. The molecule has 0 aromatic rings. The summed E-state index contributed by atoms with van der Waals surface area (Å²) in [5, 5.41) is 11.0. The first-order valence-corrected chi connectivity index (χ1v) is 10.1. The van der Waals surface area contributed by atoms with Crippen LogP contribution in [-0.4, -0.2) is 17.3 Å². The molecular weight excluding hydrogens is 296 g/mol. The van der Waals surface area contributed by atoms with Crippen LogP contribution >= 0.6 is 0 Å². The van der Waals surface area contributed by atoms with Gasteiger partial charge in [-0.05, 0) is 92.6 Å². The molecule has 0 bridgehead atoms. The second-order valence-electron chi connectivity index (χ2n) is 9.50. The van der Waals surface area contributed by atoms with Crippen LogP contribution in [0.3, 0.4) is 0 Å². The molecule has 0 aliphatic heterocycles. The lowest BCUT2D eigenvalue weighted by Crippen LogP contribution is -2.53. The minimum Gasteiger partial charge on any atom is -0.498 e. The minimum atomic E-state index is -0.470. The van der Waals surface area contributed by atoms with Crippen LogP contribution in [0.25, 0.3) is 0 Å². The van der Waals surface area contributed by atoms with Crippen molar-refractivity contribution in [1.82, 2.24) is 0 Å². The molecule has 0 spiro atoms. The summed E-state index contributed by atoms with van der Waals surface area (Å²) in [7, 11) is 0. The molecule has 4 rings (SSSR count). The first-order chi connectivity index (χ1) is 11.3. The summed E-state index contributed by atoms with van der Waals surface area (Å²) in [5.74, 6) is 3.42. The van der Waals surface area contributed by atoms with Crippen molar-refractivity contribution in [3.8, 4) is 0 Å². The highest BCUT2D eigenvalue weighted by molar-refractivity contribution is 5.36. The van der Waals surface area contributed by atoms with E-state index in [1.807, 2.05) is 0 Å². The molecule has 4 aliphatic rings. The van der Waals surface area contributed by atoms with Gasteiger partial charge in [-0.25, -0.2) is 0 Å². The van der Waals surface area contributed by atoms with Crippen LogP contribution in [0.4, 0.5) is 0 Å². The summed E-state index contributed by atoms with van der Waals surface area (Å²) >= 11 is 0. The van der Waals surface area contributed by atoms with Gasteiger partial charge in [0.2, 0.25) is 0 Å². The Kier molecular flexibility index (Phi) is 3.73. The Labute approximate surface area is 147 Å². The third-order valence-electron chi connectivity index (χ3n) is 8.62. The van der Waals surface area contributed by atoms with E-state index < -0.39 is 5.60 Å². The highest BCUT2D eigenvalue weighted by Crippen LogP contribution is 2.66. The summed E-state index contributed by atoms with van der Waals surface area (Å²) in [6.45, 7) is 9.82. The molecule has 4 aliphatic carbocycles. The topological polar surface area (TPSA) is 29.5 Å². The molecule has 0 aromatic carbocycles. The fourth-order valence-corrected chi connectivity index (χ4v) is 6.84. The molecule has 2 nitrogen and oxygen atoms in total. The second-order valence-corrected chi connectivity index (χ2v) is 9.50. The van der Waals surface area contributed by atoms with Crippen LogP contribution in [0.2, 0.25) is 0 Å². The first kappa shape index (κ1) is 16.7. The van der Waals surface area contributed by atoms with Gasteiger partial charge in [0.25, 0.3) is 0 Å². The van der Waals surface area contributed by atoms with Crippen LogP contribution < -0.4 is 0 Å². The van der Waals surface area contributed by atoms with Gasteiger partial charge in [-0.1, -0.05) is 19.9 Å². The number of rotatable bonds is 2. The number of fused-ring (bicyclic) bond motifs is 5. The summed E-state index contributed by atoms with van der Waals surface area (Å²) in [5.41, 5.74) is 1.50. The second kappa shape index (κ2) is 5.37.